The summed E-state index contributed by atoms with van der Waals surface area (Å²) in [6.45, 7) is 3.21. The minimum Gasteiger partial charge on any atom is -0.385 e. The number of aromatic nitrogens is 2. The maximum Gasteiger partial charge on any atom is 0.260 e. The molecule has 19 heavy (non-hydrogen) atoms. The fourth-order valence-electron chi connectivity index (χ4n) is 1.92. The first-order chi connectivity index (χ1) is 9.13. The van der Waals surface area contributed by atoms with E-state index >= 15 is 0 Å². The van der Waals surface area contributed by atoms with Crippen LogP contribution in [0.15, 0.2) is 22.3 Å². The van der Waals surface area contributed by atoms with Crippen LogP contribution in [0.25, 0.3) is 11.3 Å². The summed E-state index contributed by atoms with van der Waals surface area (Å²) in [6, 6.07) is 3.73. The van der Waals surface area contributed by atoms with Crippen molar-refractivity contribution in [2.45, 2.75) is 19.9 Å². The van der Waals surface area contributed by atoms with Gasteiger partial charge in [-0.05, 0) is 25.5 Å². The lowest BCUT2D eigenvalue weighted by Gasteiger charge is -2.10. The number of rotatable bonds is 5. The smallest absolute Gasteiger partial charge is 0.260 e. The Morgan fingerprint density at radius 1 is 1.47 bits per heavy atom. The average molecular weight is 279 g/mol. The summed E-state index contributed by atoms with van der Waals surface area (Å²) < 4.78 is 6.77. The van der Waals surface area contributed by atoms with E-state index in [1.807, 2.05) is 13.0 Å². The van der Waals surface area contributed by atoms with Crippen LogP contribution in [-0.2, 0) is 11.3 Å². The van der Waals surface area contributed by atoms with E-state index in [1.165, 1.54) is 11.3 Å². The molecule has 2 N–H and O–H groups in total. The summed E-state index contributed by atoms with van der Waals surface area (Å²) in [5.74, 6) is 0. The Balaban J connectivity index is 2.37. The third-order valence-electron chi connectivity index (χ3n) is 2.92. The van der Waals surface area contributed by atoms with E-state index in [-0.39, 0.29) is 5.56 Å². The van der Waals surface area contributed by atoms with Gasteiger partial charge in [-0.2, -0.15) is 0 Å². The Hall–Kier alpha value is -1.66. The lowest BCUT2D eigenvalue weighted by atomic mass is 10.2. The standard InChI is InChI=1S/C13H17N3O2S/c1-9-4-5-10(11-8-19-13(14)15-11)12(17)16(9)6-3-7-18-2/h4-5,8H,3,6-7H2,1-2H3,(H2,14,15). The van der Waals surface area contributed by atoms with Gasteiger partial charge in [0, 0.05) is 31.3 Å². The highest BCUT2D eigenvalue weighted by atomic mass is 32.1. The van der Waals surface area contributed by atoms with Gasteiger partial charge in [0.1, 0.15) is 0 Å². The monoisotopic (exact) mass is 279 g/mol. The molecule has 0 saturated heterocycles. The predicted octanol–water partition coefficient (Wildman–Crippen LogP) is 1.90. The third-order valence-corrected chi connectivity index (χ3v) is 3.59. The molecule has 0 atom stereocenters. The summed E-state index contributed by atoms with van der Waals surface area (Å²) >= 11 is 1.34. The van der Waals surface area contributed by atoms with Gasteiger partial charge in [0.2, 0.25) is 0 Å². The Morgan fingerprint density at radius 3 is 2.89 bits per heavy atom. The lowest BCUT2D eigenvalue weighted by molar-refractivity contribution is 0.189. The molecule has 5 nitrogen and oxygen atoms in total. The van der Waals surface area contributed by atoms with Gasteiger partial charge in [0.15, 0.2) is 5.13 Å². The summed E-state index contributed by atoms with van der Waals surface area (Å²) in [4.78, 5) is 16.6. The number of hydrogen-bond acceptors (Lipinski definition) is 5. The van der Waals surface area contributed by atoms with Crippen LogP contribution in [0.3, 0.4) is 0 Å². The normalized spacial score (nSPS) is 10.8. The summed E-state index contributed by atoms with van der Waals surface area (Å²) in [6.07, 6.45) is 0.805. The number of nitrogens with two attached hydrogens (primary N) is 1. The maximum atomic E-state index is 12.4. The van der Waals surface area contributed by atoms with Crippen LogP contribution in [0.2, 0.25) is 0 Å². The van der Waals surface area contributed by atoms with E-state index in [0.717, 1.165) is 12.1 Å². The number of ether oxygens (including phenoxy) is 1. The van der Waals surface area contributed by atoms with Crippen molar-refractivity contribution in [2.75, 3.05) is 19.5 Å². The van der Waals surface area contributed by atoms with Crippen molar-refractivity contribution >= 4 is 16.5 Å². The maximum absolute atomic E-state index is 12.4. The first kappa shape index (κ1) is 13.8. The molecule has 2 aromatic rings. The van der Waals surface area contributed by atoms with Crippen molar-refractivity contribution in [3.63, 3.8) is 0 Å². The predicted molar refractivity (Wildman–Crippen MR) is 77.5 cm³/mol. The van der Waals surface area contributed by atoms with E-state index < -0.39 is 0 Å². The first-order valence-corrected chi connectivity index (χ1v) is 6.92. The molecule has 0 bridgehead atoms. The largest absolute Gasteiger partial charge is 0.385 e. The first-order valence-electron chi connectivity index (χ1n) is 6.04. The van der Waals surface area contributed by atoms with Crippen molar-refractivity contribution in [1.82, 2.24) is 9.55 Å². The number of anilines is 1. The van der Waals surface area contributed by atoms with Gasteiger partial charge in [-0.15, -0.1) is 11.3 Å². The minimum atomic E-state index is -0.0265. The number of nitrogen functional groups attached to an aromatic ring is 1. The molecule has 0 aliphatic heterocycles. The van der Waals surface area contributed by atoms with Gasteiger partial charge < -0.3 is 15.0 Å². The fourth-order valence-corrected chi connectivity index (χ4v) is 2.49. The molecule has 0 aliphatic rings. The molecule has 2 heterocycles. The molecule has 102 valence electrons. The van der Waals surface area contributed by atoms with E-state index in [4.69, 9.17) is 10.5 Å². The number of thiazole rings is 1. The van der Waals surface area contributed by atoms with Crippen LogP contribution in [0.4, 0.5) is 5.13 Å². The topological polar surface area (TPSA) is 70.1 Å². The van der Waals surface area contributed by atoms with Crippen molar-refractivity contribution in [3.8, 4) is 11.3 Å². The second-order valence-electron chi connectivity index (χ2n) is 4.26. The zero-order valence-corrected chi connectivity index (χ0v) is 11.9. The van der Waals surface area contributed by atoms with Crippen LogP contribution in [-0.4, -0.2) is 23.3 Å². The second-order valence-corrected chi connectivity index (χ2v) is 5.15. The van der Waals surface area contributed by atoms with Crippen molar-refractivity contribution in [3.05, 3.63) is 33.6 Å². The zero-order valence-electron chi connectivity index (χ0n) is 11.0. The Labute approximate surface area is 115 Å². The molecule has 0 spiro atoms. The molecule has 0 fully saturated rings. The molecule has 0 amide bonds. The molecule has 2 rings (SSSR count). The second kappa shape index (κ2) is 5.99. The van der Waals surface area contributed by atoms with Crippen LogP contribution in [0, 0.1) is 6.92 Å². The number of aryl methyl sites for hydroxylation is 1. The minimum absolute atomic E-state index is 0.0265. The molecular weight excluding hydrogens is 262 g/mol. The Morgan fingerprint density at radius 2 is 2.26 bits per heavy atom. The van der Waals surface area contributed by atoms with E-state index in [0.29, 0.717) is 29.5 Å². The Bertz CT molecular complexity index is 619. The molecule has 0 aromatic carbocycles. The SMILES string of the molecule is COCCCn1c(C)ccc(-c2csc(N)n2)c1=O. The van der Waals surface area contributed by atoms with Gasteiger partial charge in [0.25, 0.3) is 5.56 Å². The highest BCUT2D eigenvalue weighted by Gasteiger charge is 2.10. The average Bonchev–Trinajstić information content (AvgIpc) is 2.80. The zero-order chi connectivity index (χ0) is 13.8. The van der Waals surface area contributed by atoms with Gasteiger partial charge >= 0.3 is 0 Å². The quantitative estimate of drug-likeness (QED) is 0.849. The fraction of sp³-hybridized carbons (Fsp3) is 0.385. The highest BCUT2D eigenvalue weighted by Crippen LogP contribution is 2.20. The Kier molecular flexibility index (Phi) is 4.34. The van der Waals surface area contributed by atoms with Crippen molar-refractivity contribution < 1.29 is 4.74 Å². The van der Waals surface area contributed by atoms with E-state index in [9.17, 15) is 4.79 Å². The number of hydrogen-bond donors (Lipinski definition) is 1. The van der Waals surface area contributed by atoms with Crippen LogP contribution >= 0.6 is 11.3 Å². The molecular formula is C13H17N3O2S. The van der Waals surface area contributed by atoms with Gasteiger partial charge in [-0.3, -0.25) is 4.79 Å². The molecule has 6 heteroatoms. The van der Waals surface area contributed by atoms with Gasteiger partial charge in [-0.1, -0.05) is 0 Å². The van der Waals surface area contributed by atoms with E-state index in [1.54, 1.807) is 23.1 Å². The molecule has 2 aromatic heterocycles. The van der Waals surface area contributed by atoms with Crippen LogP contribution in [0.1, 0.15) is 12.1 Å². The summed E-state index contributed by atoms with van der Waals surface area (Å²) in [5.41, 5.74) is 7.77. The molecule has 0 radical (unpaired) electrons. The third kappa shape index (κ3) is 3.02. The number of pyridine rings is 1. The highest BCUT2D eigenvalue weighted by molar-refractivity contribution is 7.13. The van der Waals surface area contributed by atoms with Gasteiger partial charge in [-0.25, -0.2) is 4.98 Å². The molecule has 0 aliphatic carbocycles. The van der Waals surface area contributed by atoms with E-state index in [2.05, 4.69) is 4.98 Å². The van der Waals surface area contributed by atoms with Crippen molar-refractivity contribution in [2.24, 2.45) is 0 Å². The number of nitrogens with zero attached hydrogens (tertiary/aromatic N) is 2. The van der Waals surface area contributed by atoms with Crippen LogP contribution < -0.4 is 11.3 Å². The molecule has 0 saturated carbocycles. The number of methoxy groups -OCH3 is 1. The molecule has 0 unspecified atom stereocenters. The lowest BCUT2D eigenvalue weighted by Crippen LogP contribution is -2.24. The summed E-state index contributed by atoms with van der Waals surface area (Å²) in [5, 5.41) is 2.28. The summed E-state index contributed by atoms with van der Waals surface area (Å²) in [7, 11) is 1.66. The van der Waals surface area contributed by atoms with Crippen LogP contribution in [0.5, 0.6) is 0 Å². The van der Waals surface area contributed by atoms with Crippen molar-refractivity contribution in [1.29, 1.82) is 0 Å². The van der Waals surface area contributed by atoms with Gasteiger partial charge in [0.05, 0.1) is 11.3 Å².